The van der Waals surface area contributed by atoms with Gasteiger partial charge in [0.25, 0.3) is 5.89 Å². The molecule has 1 heterocycles. The van der Waals surface area contributed by atoms with Gasteiger partial charge in [0.1, 0.15) is 0 Å². The van der Waals surface area contributed by atoms with Crippen LogP contribution in [0.5, 0.6) is 0 Å². The Labute approximate surface area is 101 Å². The first kappa shape index (κ1) is 11.6. The number of rotatable bonds is 4. The molecule has 2 aromatic rings. The zero-order chi connectivity index (χ0) is 12.3. The van der Waals surface area contributed by atoms with Crippen LogP contribution in [0.15, 0.2) is 22.7 Å². The first-order valence-corrected chi connectivity index (χ1v) is 5.89. The van der Waals surface area contributed by atoms with Crippen LogP contribution in [-0.4, -0.2) is 10.1 Å². The molecule has 0 saturated carbocycles. The number of unbranched alkanes of at least 4 members (excludes halogenated alkanes) is 1. The van der Waals surface area contributed by atoms with E-state index in [1.54, 1.807) is 0 Å². The van der Waals surface area contributed by atoms with E-state index in [4.69, 9.17) is 10.3 Å². The maximum absolute atomic E-state index is 5.90. The lowest BCUT2D eigenvalue weighted by molar-refractivity contribution is 0.421. The Morgan fingerprint density at radius 2 is 2.18 bits per heavy atom. The van der Waals surface area contributed by atoms with Gasteiger partial charge in [-0.1, -0.05) is 30.1 Å². The highest BCUT2D eigenvalue weighted by Gasteiger charge is 2.11. The fourth-order valence-corrected chi connectivity index (χ4v) is 1.66. The van der Waals surface area contributed by atoms with Crippen molar-refractivity contribution >= 4 is 5.69 Å². The molecule has 4 heteroatoms. The molecule has 0 fully saturated rings. The number of nitrogens with two attached hydrogens (primary N) is 1. The molecule has 0 aliphatic carbocycles. The standard InChI is InChI=1S/C13H17N3O/c1-3-4-5-12-15-13(17-16-12)10-8-9(2)6-7-11(10)14/h6-8H,3-5,14H2,1-2H3. The van der Waals surface area contributed by atoms with E-state index >= 15 is 0 Å². The number of benzene rings is 1. The highest BCUT2D eigenvalue weighted by Crippen LogP contribution is 2.25. The van der Waals surface area contributed by atoms with Gasteiger partial charge >= 0.3 is 0 Å². The van der Waals surface area contributed by atoms with E-state index in [0.717, 1.165) is 36.2 Å². The van der Waals surface area contributed by atoms with E-state index in [-0.39, 0.29) is 0 Å². The summed E-state index contributed by atoms with van der Waals surface area (Å²) in [6.45, 7) is 4.15. The first-order valence-electron chi connectivity index (χ1n) is 5.89. The second-order valence-electron chi connectivity index (χ2n) is 4.21. The molecule has 0 unspecified atom stereocenters. The summed E-state index contributed by atoms with van der Waals surface area (Å²) < 4.78 is 5.24. The maximum Gasteiger partial charge on any atom is 0.260 e. The van der Waals surface area contributed by atoms with Gasteiger partial charge in [-0.15, -0.1) is 0 Å². The Hall–Kier alpha value is -1.84. The third kappa shape index (κ3) is 2.64. The van der Waals surface area contributed by atoms with Crippen LogP contribution in [0.25, 0.3) is 11.5 Å². The molecule has 0 bridgehead atoms. The van der Waals surface area contributed by atoms with Gasteiger partial charge in [0.05, 0.1) is 5.56 Å². The largest absolute Gasteiger partial charge is 0.398 e. The predicted octanol–water partition coefficient (Wildman–Crippen LogP) is 2.97. The summed E-state index contributed by atoms with van der Waals surface area (Å²) in [5.41, 5.74) is 8.52. The number of aryl methyl sites for hydroxylation is 2. The molecular weight excluding hydrogens is 214 g/mol. The lowest BCUT2D eigenvalue weighted by Gasteiger charge is -2.01. The van der Waals surface area contributed by atoms with E-state index < -0.39 is 0 Å². The van der Waals surface area contributed by atoms with Gasteiger partial charge in [-0.2, -0.15) is 4.98 Å². The van der Waals surface area contributed by atoms with Crippen LogP contribution in [0.4, 0.5) is 5.69 Å². The minimum atomic E-state index is 0.511. The Bertz CT molecular complexity index is 505. The number of nitrogens with zero attached hydrogens (tertiary/aromatic N) is 2. The lowest BCUT2D eigenvalue weighted by Crippen LogP contribution is -1.91. The molecule has 0 aliphatic rings. The van der Waals surface area contributed by atoms with Gasteiger partial charge in [-0.05, 0) is 25.5 Å². The average Bonchev–Trinajstić information content (AvgIpc) is 2.78. The molecule has 1 aromatic heterocycles. The molecule has 17 heavy (non-hydrogen) atoms. The zero-order valence-electron chi connectivity index (χ0n) is 10.2. The van der Waals surface area contributed by atoms with Crippen molar-refractivity contribution in [3.05, 3.63) is 29.6 Å². The lowest BCUT2D eigenvalue weighted by atomic mass is 10.1. The van der Waals surface area contributed by atoms with E-state index in [1.807, 2.05) is 25.1 Å². The van der Waals surface area contributed by atoms with Crippen molar-refractivity contribution in [1.29, 1.82) is 0 Å². The molecule has 4 nitrogen and oxygen atoms in total. The van der Waals surface area contributed by atoms with Crippen molar-refractivity contribution in [3.63, 3.8) is 0 Å². The topological polar surface area (TPSA) is 64.9 Å². The molecule has 0 spiro atoms. The second-order valence-corrected chi connectivity index (χ2v) is 4.21. The van der Waals surface area contributed by atoms with Gasteiger partial charge in [0, 0.05) is 12.1 Å². The van der Waals surface area contributed by atoms with Crippen molar-refractivity contribution in [1.82, 2.24) is 10.1 Å². The van der Waals surface area contributed by atoms with Crippen LogP contribution in [-0.2, 0) is 6.42 Å². The van der Waals surface area contributed by atoms with Gasteiger partial charge in [-0.25, -0.2) is 0 Å². The molecule has 2 rings (SSSR count). The van der Waals surface area contributed by atoms with Crippen LogP contribution in [0.2, 0.25) is 0 Å². The summed E-state index contributed by atoms with van der Waals surface area (Å²) in [6, 6.07) is 5.79. The average molecular weight is 231 g/mol. The fraction of sp³-hybridized carbons (Fsp3) is 0.385. The summed E-state index contributed by atoms with van der Waals surface area (Å²) in [6.07, 6.45) is 3.05. The Balaban J connectivity index is 2.27. The fourth-order valence-electron chi connectivity index (χ4n) is 1.66. The Morgan fingerprint density at radius 3 is 2.94 bits per heavy atom. The highest BCUT2D eigenvalue weighted by atomic mass is 16.5. The summed E-state index contributed by atoms with van der Waals surface area (Å²) >= 11 is 0. The van der Waals surface area contributed by atoms with Gasteiger partial charge < -0.3 is 10.3 Å². The third-order valence-electron chi connectivity index (χ3n) is 2.66. The van der Waals surface area contributed by atoms with E-state index in [9.17, 15) is 0 Å². The van der Waals surface area contributed by atoms with Crippen LogP contribution in [0.1, 0.15) is 31.2 Å². The number of nitrogen functional groups attached to an aromatic ring is 1. The van der Waals surface area contributed by atoms with Gasteiger partial charge in [-0.3, -0.25) is 0 Å². The molecule has 2 N–H and O–H groups in total. The predicted molar refractivity (Wildman–Crippen MR) is 67.5 cm³/mol. The normalized spacial score (nSPS) is 10.7. The summed E-state index contributed by atoms with van der Waals surface area (Å²) in [5.74, 6) is 1.26. The minimum Gasteiger partial charge on any atom is -0.398 e. The van der Waals surface area contributed by atoms with E-state index in [1.165, 1.54) is 0 Å². The molecular formula is C13H17N3O. The smallest absolute Gasteiger partial charge is 0.260 e. The third-order valence-corrected chi connectivity index (χ3v) is 2.66. The highest BCUT2D eigenvalue weighted by molar-refractivity contribution is 5.70. The SMILES string of the molecule is CCCCc1noc(-c2cc(C)ccc2N)n1. The maximum atomic E-state index is 5.90. The number of anilines is 1. The molecule has 1 aromatic carbocycles. The molecule has 0 aliphatic heterocycles. The molecule has 0 amide bonds. The molecule has 0 atom stereocenters. The first-order chi connectivity index (χ1) is 8.20. The monoisotopic (exact) mass is 231 g/mol. The summed E-state index contributed by atoms with van der Waals surface area (Å²) in [7, 11) is 0. The van der Waals surface area contributed by atoms with Crippen LogP contribution in [0.3, 0.4) is 0 Å². The molecule has 90 valence electrons. The van der Waals surface area contributed by atoms with Crippen LogP contribution < -0.4 is 5.73 Å². The Morgan fingerprint density at radius 1 is 1.35 bits per heavy atom. The number of hydrogen-bond donors (Lipinski definition) is 1. The van der Waals surface area contributed by atoms with Crippen molar-refractivity contribution < 1.29 is 4.52 Å². The molecule has 0 saturated heterocycles. The number of aromatic nitrogens is 2. The minimum absolute atomic E-state index is 0.511. The van der Waals surface area contributed by atoms with Gasteiger partial charge in [0.15, 0.2) is 5.82 Å². The van der Waals surface area contributed by atoms with Crippen LogP contribution in [0, 0.1) is 6.92 Å². The van der Waals surface area contributed by atoms with Crippen LogP contribution >= 0.6 is 0 Å². The van der Waals surface area contributed by atoms with Crippen molar-refractivity contribution in [2.24, 2.45) is 0 Å². The van der Waals surface area contributed by atoms with Crippen molar-refractivity contribution in [3.8, 4) is 11.5 Å². The van der Waals surface area contributed by atoms with E-state index in [0.29, 0.717) is 11.6 Å². The van der Waals surface area contributed by atoms with Crippen molar-refractivity contribution in [2.75, 3.05) is 5.73 Å². The quantitative estimate of drug-likeness (QED) is 0.821. The zero-order valence-corrected chi connectivity index (χ0v) is 10.2. The van der Waals surface area contributed by atoms with Crippen molar-refractivity contribution in [2.45, 2.75) is 33.1 Å². The number of hydrogen-bond acceptors (Lipinski definition) is 4. The Kier molecular flexibility index (Phi) is 3.42. The summed E-state index contributed by atoms with van der Waals surface area (Å²) in [4.78, 5) is 4.36. The van der Waals surface area contributed by atoms with E-state index in [2.05, 4.69) is 17.1 Å². The second kappa shape index (κ2) is 4.99. The summed E-state index contributed by atoms with van der Waals surface area (Å²) in [5, 5.41) is 3.96. The van der Waals surface area contributed by atoms with Gasteiger partial charge in [0.2, 0.25) is 0 Å². The molecule has 0 radical (unpaired) electrons.